The molecule has 0 unspecified atom stereocenters. The number of nitrogens with one attached hydrogen (secondary N) is 1. The van der Waals surface area contributed by atoms with Crippen LogP contribution in [0.3, 0.4) is 0 Å². The molecule has 0 heterocycles. The molecule has 0 aromatic rings. The number of allylic oxidation sites excluding steroid dienone is 4. The van der Waals surface area contributed by atoms with Gasteiger partial charge in [0, 0.05) is 0 Å². The normalized spacial score (nSPS) is 12.4. The van der Waals surface area contributed by atoms with E-state index in [0.29, 0.717) is 0 Å². The first-order chi connectivity index (χ1) is 4.31. The number of hydrogen-bond donors (Lipinski definition) is 1. The Bertz CT molecular complexity index is 134. The maximum Gasteiger partial charge on any atom is 0.0592 e. The molecule has 0 amide bonds. The van der Waals surface area contributed by atoms with E-state index in [2.05, 4.69) is 12.0 Å². The Balaban J connectivity index is 3.68. The van der Waals surface area contributed by atoms with E-state index in [1.54, 1.807) is 6.92 Å². The minimum absolute atomic E-state index is 0.736. The van der Waals surface area contributed by atoms with Gasteiger partial charge >= 0.3 is 0 Å². The van der Waals surface area contributed by atoms with E-state index in [1.165, 1.54) is 0 Å². The van der Waals surface area contributed by atoms with Crippen LogP contribution in [0.1, 0.15) is 20.3 Å². The van der Waals surface area contributed by atoms with Gasteiger partial charge in [0.25, 0.3) is 0 Å². The molecule has 50 valence electrons. The summed E-state index contributed by atoms with van der Waals surface area (Å²) >= 11 is 0. The number of hydrogen-bond acceptors (Lipinski definition) is 2. The fourth-order valence-electron chi connectivity index (χ4n) is 0.381. The smallest absolute Gasteiger partial charge is 0.0592 e. The molecule has 0 saturated heterocycles. The molecule has 0 bridgehead atoms. The Morgan fingerprint density at radius 3 is 2.78 bits per heavy atom. The lowest BCUT2D eigenvalue weighted by Crippen LogP contribution is -1.61. The van der Waals surface area contributed by atoms with Crippen LogP contribution in [0.25, 0.3) is 0 Å². The second kappa shape index (κ2) is 5.22. The highest BCUT2D eigenvalue weighted by atomic mass is 15.0. The highest BCUT2D eigenvalue weighted by molar-refractivity contribution is 5.07. The predicted octanol–water partition coefficient (Wildman–Crippen LogP) is 2.89. The Hall–Kier alpha value is -0.920. The van der Waals surface area contributed by atoms with Crippen molar-refractivity contribution >= 4 is 0 Å². The standard InChI is InChI=1S/C7H12N2/c1-3-4-5-6-7(2)9-8/h4-6,8H,3H2,1-2H3/b5-4-,7-6+,9-8?. The molecule has 2 nitrogen and oxygen atoms in total. The molecule has 0 saturated carbocycles. The van der Waals surface area contributed by atoms with Crippen molar-refractivity contribution in [1.82, 2.24) is 0 Å². The van der Waals surface area contributed by atoms with Crippen molar-refractivity contribution in [3.8, 4) is 0 Å². The van der Waals surface area contributed by atoms with Gasteiger partial charge in [0.15, 0.2) is 0 Å². The molecular weight excluding hydrogens is 112 g/mol. The van der Waals surface area contributed by atoms with E-state index in [0.717, 1.165) is 12.1 Å². The van der Waals surface area contributed by atoms with Crippen LogP contribution in [0.5, 0.6) is 0 Å². The van der Waals surface area contributed by atoms with Crippen molar-refractivity contribution in [3.05, 3.63) is 23.9 Å². The van der Waals surface area contributed by atoms with Crippen LogP contribution >= 0.6 is 0 Å². The fraction of sp³-hybridized carbons (Fsp3) is 0.429. The van der Waals surface area contributed by atoms with E-state index in [4.69, 9.17) is 5.53 Å². The minimum atomic E-state index is 0.736. The van der Waals surface area contributed by atoms with Gasteiger partial charge in [-0.1, -0.05) is 19.1 Å². The zero-order valence-corrected chi connectivity index (χ0v) is 5.89. The zero-order valence-electron chi connectivity index (χ0n) is 5.89. The van der Waals surface area contributed by atoms with Crippen molar-refractivity contribution in [2.75, 3.05) is 0 Å². The van der Waals surface area contributed by atoms with Gasteiger partial charge in [-0.3, -0.25) is 0 Å². The highest BCUT2D eigenvalue weighted by Gasteiger charge is 1.74. The van der Waals surface area contributed by atoms with E-state index in [-0.39, 0.29) is 0 Å². The topological polar surface area (TPSA) is 36.2 Å². The molecule has 0 spiro atoms. The van der Waals surface area contributed by atoms with Crippen molar-refractivity contribution in [2.24, 2.45) is 5.11 Å². The molecule has 0 radical (unpaired) electrons. The Morgan fingerprint density at radius 1 is 1.67 bits per heavy atom. The van der Waals surface area contributed by atoms with Crippen LogP contribution in [-0.2, 0) is 0 Å². The van der Waals surface area contributed by atoms with Gasteiger partial charge in [0.05, 0.1) is 5.70 Å². The minimum Gasteiger partial charge on any atom is -0.205 e. The van der Waals surface area contributed by atoms with Crippen LogP contribution in [0.4, 0.5) is 0 Å². The summed E-state index contributed by atoms with van der Waals surface area (Å²) in [5.41, 5.74) is 7.30. The van der Waals surface area contributed by atoms with Gasteiger partial charge in [0.2, 0.25) is 0 Å². The molecule has 2 heteroatoms. The molecule has 0 aromatic heterocycles. The summed E-state index contributed by atoms with van der Waals surface area (Å²) in [5.74, 6) is 0. The van der Waals surface area contributed by atoms with Crippen LogP contribution in [0, 0.1) is 5.53 Å². The van der Waals surface area contributed by atoms with Crippen molar-refractivity contribution < 1.29 is 0 Å². The molecule has 0 rings (SSSR count). The molecule has 0 atom stereocenters. The van der Waals surface area contributed by atoms with E-state index in [9.17, 15) is 0 Å². The van der Waals surface area contributed by atoms with E-state index >= 15 is 0 Å². The third-order valence-electron chi connectivity index (χ3n) is 0.886. The highest BCUT2D eigenvalue weighted by Crippen LogP contribution is 1.93. The van der Waals surface area contributed by atoms with Gasteiger partial charge in [-0.2, -0.15) is 5.11 Å². The van der Waals surface area contributed by atoms with Crippen molar-refractivity contribution in [3.63, 3.8) is 0 Å². The molecule has 0 fully saturated rings. The largest absolute Gasteiger partial charge is 0.205 e. The second-order valence-corrected chi connectivity index (χ2v) is 1.76. The summed E-state index contributed by atoms with van der Waals surface area (Å²) in [7, 11) is 0. The molecule has 1 N–H and O–H groups in total. The van der Waals surface area contributed by atoms with Crippen molar-refractivity contribution in [2.45, 2.75) is 20.3 Å². The van der Waals surface area contributed by atoms with Gasteiger partial charge in [0.1, 0.15) is 0 Å². The lowest BCUT2D eigenvalue weighted by atomic mass is 10.3. The first kappa shape index (κ1) is 8.08. The molecule has 0 aliphatic rings. The third kappa shape index (κ3) is 4.94. The Morgan fingerprint density at radius 2 is 2.33 bits per heavy atom. The first-order valence-electron chi connectivity index (χ1n) is 3.02. The van der Waals surface area contributed by atoms with Crippen molar-refractivity contribution in [1.29, 1.82) is 5.53 Å². The molecular formula is C7H12N2. The third-order valence-corrected chi connectivity index (χ3v) is 0.886. The average Bonchev–Trinajstić information content (AvgIpc) is 1.89. The monoisotopic (exact) mass is 124 g/mol. The zero-order chi connectivity index (χ0) is 7.11. The number of rotatable bonds is 3. The lowest BCUT2D eigenvalue weighted by Gasteiger charge is -1.80. The molecule has 9 heavy (non-hydrogen) atoms. The fourth-order valence-corrected chi connectivity index (χ4v) is 0.381. The van der Waals surface area contributed by atoms with E-state index in [1.807, 2.05) is 18.2 Å². The summed E-state index contributed by atoms with van der Waals surface area (Å²) in [4.78, 5) is 0. The van der Waals surface area contributed by atoms with Gasteiger partial charge in [-0.15, -0.1) is 0 Å². The summed E-state index contributed by atoms with van der Waals surface area (Å²) in [6.45, 7) is 3.87. The molecule has 0 aliphatic carbocycles. The summed E-state index contributed by atoms with van der Waals surface area (Å²) < 4.78 is 0. The molecule has 0 aliphatic heterocycles. The van der Waals surface area contributed by atoms with Gasteiger partial charge in [-0.05, 0) is 19.4 Å². The van der Waals surface area contributed by atoms with Crippen LogP contribution in [0.15, 0.2) is 29.0 Å². The average molecular weight is 124 g/mol. The summed E-state index contributed by atoms with van der Waals surface area (Å²) in [5, 5.41) is 3.22. The Kier molecular flexibility index (Phi) is 4.69. The number of nitrogens with zero attached hydrogens (tertiary/aromatic N) is 1. The SMILES string of the molecule is CC/C=C\C=C(/C)N=N. The van der Waals surface area contributed by atoms with Gasteiger partial charge in [-0.25, -0.2) is 5.53 Å². The Labute approximate surface area is 55.8 Å². The summed E-state index contributed by atoms with van der Waals surface area (Å²) in [6.07, 6.45) is 6.78. The second-order valence-electron chi connectivity index (χ2n) is 1.76. The maximum absolute atomic E-state index is 6.57. The van der Waals surface area contributed by atoms with Crippen LogP contribution in [-0.4, -0.2) is 0 Å². The first-order valence-corrected chi connectivity index (χ1v) is 3.02. The summed E-state index contributed by atoms with van der Waals surface area (Å²) in [6, 6.07) is 0. The van der Waals surface area contributed by atoms with Gasteiger partial charge < -0.3 is 0 Å². The lowest BCUT2D eigenvalue weighted by molar-refractivity contribution is 1.06. The predicted molar refractivity (Wildman–Crippen MR) is 38.3 cm³/mol. The quantitative estimate of drug-likeness (QED) is 0.443. The maximum atomic E-state index is 6.57. The van der Waals surface area contributed by atoms with E-state index < -0.39 is 0 Å². The molecule has 0 aromatic carbocycles. The van der Waals surface area contributed by atoms with Crippen LogP contribution in [0.2, 0.25) is 0 Å². The van der Waals surface area contributed by atoms with Crippen LogP contribution < -0.4 is 0 Å².